The number of nitrogens with zero attached hydrogens (tertiary/aromatic N) is 1. The molecule has 28 heavy (non-hydrogen) atoms. The van der Waals surface area contributed by atoms with Gasteiger partial charge in [-0.3, -0.25) is 4.79 Å². The molecular formula is C21H28ClNO5. The normalized spacial score (nSPS) is 17.2. The maximum Gasteiger partial charge on any atom is 0.331 e. The number of benzene rings is 1. The second-order valence-corrected chi connectivity index (χ2v) is 7.29. The minimum Gasteiger partial charge on any atom is -0.512 e. The summed E-state index contributed by atoms with van der Waals surface area (Å²) in [4.78, 5) is 25.0. The maximum absolute atomic E-state index is 12.1. The molecule has 1 heterocycles. The number of unbranched alkanes of at least 4 members (excludes halogenated alkanes) is 1. The Morgan fingerprint density at radius 1 is 1.39 bits per heavy atom. The van der Waals surface area contributed by atoms with Gasteiger partial charge in [0, 0.05) is 37.1 Å². The predicted octanol–water partition coefficient (Wildman–Crippen LogP) is 3.68. The number of aliphatic hydroxyl groups is 1. The van der Waals surface area contributed by atoms with E-state index in [1.807, 2.05) is 23.1 Å². The lowest BCUT2D eigenvalue weighted by Crippen LogP contribution is -2.33. The van der Waals surface area contributed by atoms with Crippen LogP contribution in [0.4, 0.5) is 0 Å². The Hall–Kier alpha value is -2.05. The van der Waals surface area contributed by atoms with E-state index in [9.17, 15) is 14.7 Å². The standard InChI is InChI=1S/C21H28ClNO5/c1-27-21(26)15-28-12-3-2-11-23-18(8-10-20(23)25)7-9-19(24)14-16-5-4-6-17(22)13-16/h4-6,9,13,18,24H,2-3,7-8,10-12,14-15H2,1H3/b19-9-/t18-/m0/s1. The predicted molar refractivity (Wildman–Crippen MR) is 107 cm³/mol. The Morgan fingerprint density at radius 2 is 2.21 bits per heavy atom. The Kier molecular flexibility index (Phi) is 9.31. The number of hydrogen-bond donors (Lipinski definition) is 1. The topological polar surface area (TPSA) is 76.1 Å². The lowest BCUT2D eigenvalue weighted by atomic mass is 10.1. The number of allylic oxidation sites excluding steroid dienone is 1. The zero-order chi connectivity index (χ0) is 20.4. The molecule has 0 bridgehead atoms. The number of carbonyl (C=O) groups is 2. The summed E-state index contributed by atoms with van der Waals surface area (Å²) in [6.07, 6.45) is 5.79. The van der Waals surface area contributed by atoms with Crippen molar-refractivity contribution in [2.75, 3.05) is 26.9 Å². The van der Waals surface area contributed by atoms with Gasteiger partial charge < -0.3 is 19.5 Å². The van der Waals surface area contributed by atoms with Gasteiger partial charge >= 0.3 is 5.97 Å². The van der Waals surface area contributed by atoms with Crippen molar-refractivity contribution in [2.24, 2.45) is 0 Å². The molecule has 154 valence electrons. The molecule has 1 aliphatic rings. The van der Waals surface area contributed by atoms with Crippen molar-refractivity contribution in [3.8, 4) is 0 Å². The molecule has 1 N–H and O–H groups in total. The zero-order valence-corrected chi connectivity index (χ0v) is 17.0. The minimum absolute atomic E-state index is 0.0432. The molecule has 1 aromatic carbocycles. The molecule has 0 aliphatic carbocycles. The number of aliphatic hydroxyl groups excluding tert-OH is 1. The van der Waals surface area contributed by atoms with E-state index in [1.54, 1.807) is 12.1 Å². The molecule has 1 aromatic rings. The first-order valence-corrected chi connectivity index (χ1v) is 9.94. The van der Waals surface area contributed by atoms with Crippen molar-refractivity contribution in [1.29, 1.82) is 0 Å². The average molecular weight is 410 g/mol. The molecule has 6 nitrogen and oxygen atoms in total. The Balaban J connectivity index is 1.74. The van der Waals surface area contributed by atoms with E-state index in [2.05, 4.69) is 4.74 Å². The lowest BCUT2D eigenvalue weighted by molar-refractivity contribution is -0.145. The number of halogens is 1. The fraction of sp³-hybridized carbons (Fsp3) is 0.524. The zero-order valence-electron chi connectivity index (χ0n) is 16.2. The van der Waals surface area contributed by atoms with Crippen LogP contribution in [0.2, 0.25) is 5.02 Å². The number of carbonyl (C=O) groups excluding carboxylic acids is 2. The minimum atomic E-state index is -0.390. The molecule has 1 atom stereocenters. The van der Waals surface area contributed by atoms with E-state index in [-0.39, 0.29) is 30.3 Å². The van der Waals surface area contributed by atoms with Crippen LogP contribution in [0.1, 0.15) is 37.7 Å². The Morgan fingerprint density at radius 3 is 2.96 bits per heavy atom. The number of esters is 1. The van der Waals surface area contributed by atoms with Crippen molar-refractivity contribution < 1.29 is 24.2 Å². The van der Waals surface area contributed by atoms with Gasteiger partial charge in [-0.15, -0.1) is 0 Å². The van der Waals surface area contributed by atoms with Gasteiger partial charge in [-0.1, -0.05) is 23.7 Å². The van der Waals surface area contributed by atoms with Crippen LogP contribution in [0.25, 0.3) is 0 Å². The fourth-order valence-corrected chi connectivity index (χ4v) is 3.46. The SMILES string of the molecule is COC(=O)COCCCCN1C(=O)CC[C@@H]1C/C=C(\O)Cc1cccc(Cl)c1. The molecule has 0 spiro atoms. The maximum atomic E-state index is 12.1. The summed E-state index contributed by atoms with van der Waals surface area (Å²) < 4.78 is 9.73. The summed E-state index contributed by atoms with van der Waals surface area (Å²) in [5.41, 5.74) is 0.951. The Bertz CT molecular complexity index is 691. The van der Waals surface area contributed by atoms with Gasteiger partial charge in [0.1, 0.15) is 6.61 Å². The monoisotopic (exact) mass is 409 g/mol. The van der Waals surface area contributed by atoms with E-state index >= 15 is 0 Å². The summed E-state index contributed by atoms with van der Waals surface area (Å²) >= 11 is 5.97. The summed E-state index contributed by atoms with van der Waals surface area (Å²) in [5.74, 6) is 0.0557. The summed E-state index contributed by atoms with van der Waals surface area (Å²) in [6.45, 7) is 1.08. The third-order valence-corrected chi connectivity index (χ3v) is 4.97. The summed E-state index contributed by atoms with van der Waals surface area (Å²) in [5, 5.41) is 10.9. The molecule has 1 aliphatic heterocycles. The quantitative estimate of drug-likeness (QED) is 0.343. The number of amides is 1. The highest BCUT2D eigenvalue weighted by Gasteiger charge is 2.29. The van der Waals surface area contributed by atoms with Crippen molar-refractivity contribution >= 4 is 23.5 Å². The van der Waals surface area contributed by atoms with Crippen molar-refractivity contribution in [1.82, 2.24) is 4.90 Å². The van der Waals surface area contributed by atoms with Crippen LogP contribution in [0.3, 0.4) is 0 Å². The van der Waals surface area contributed by atoms with Crippen LogP contribution in [0, 0.1) is 0 Å². The number of ether oxygens (including phenoxy) is 2. The summed E-state index contributed by atoms with van der Waals surface area (Å²) in [7, 11) is 1.33. The lowest BCUT2D eigenvalue weighted by Gasteiger charge is -2.24. The van der Waals surface area contributed by atoms with Gasteiger partial charge in [0.15, 0.2) is 0 Å². The van der Waals surface area contributed by atoms with Gasteiger partial charge in [-0.05, 0) is 49.5 Å². The van der Waals surface area contributed by atoms with E-state index in [4.69, 9.17) is 16.3 Å². The first-order valence-electron chi connectivity index (χ1n) is 9.56. The highest BCUT2D eigenvalue weighted by Crippen LogP contribution is 2.23. The van der Waals surface area contributed by atoms with Crippen LogP contribution in [-0.4, -0.2) is 54.8 Å². The second-order valence-electron chi connectivity index (χ2n) is 6.85. The number of likely N-dealkylation sites (tertiary alicyclic amines) is 1. The van der Waals surface area contributed by atoms with E-state index in [0.717, 1.165) is 24.8 Å². The highest BCUT2D eigenvalue weighted by atomic mass is 35.5. The van der Waals surface area contributed by atoms with E-state index < -0.39 is 0 Å². The average Bonchev–Trinajstić information content (AvgIpc) is 3.02. The largest absolute Gasteiger partial charge is 0.512 e. The Labute approximate surface area is 171 Å². The molecule has 1 amide bonds. The van der Waals surface area contributed by atoms with Crippen molar-refractivity contribution in [2.45, 2.75) is 44.6 Å². The first-order chi connectivity index (χ1) is 13.5. The second kappa shape index (κ2) is 11.7. The van der Waals surface area contributed by atoms with Crippen LogP contribution in [0.15, 0.2) is 36.1 Å². The highest BCUT2D eigenvalue weighted by molar-refractivity contribution is 6.30. The molecule has 0 unspecified atom stereocenters. The molecule has 0 aromatic heterocycles. The van der Waals surface area contributed by atoms with Crippen LogP contribution in [-0.2, 0) is 25.5 Å². The number of rotatable bonds is 11. The number of hydrogen-bond acceptors (Lipinski definition) is 5. The molecule has 7 heteroatoms. The van der Waals surface area contributed by atoms with Gasteiger partial charge in [-0.2, -0.15) is 0 Å². The molecule has 2 rings (SSSR count). The molecule has 0 saturated carbocycles. The third-order valence-electron chi connectivity index (χ3n) is 4.74. The number of methoxy groups -OCH3 is 1. The van der Waals surface area contributed by atoms with E-state index in [0.29, 0.717) is 37.4 Å². The van der Waals surface area contributed by atoms with Crippen molar-refractivity contribution in [3.05, 3.63) is 46.7 Å². The van der Waals surface area contributed by atoms with Gasteiger partial charge in [0.05, 0.1) is 12.9 Å². The van der Waals surface area contributed by atoms with Crippen LogP contribution in [0.5, 0.6) is 0 Å². The van der Waals surface area contributed by atoms with Gasteiger partial charge in [0.2, 0.25) is 5.91 Å². The summed E-state index contributed by atoms with van der Waals surface area (Å²) in [6, 6.07) is 7.53. The van der Waals surface area contributed by atoms with Crippen LogP contribution >= 0.6 is 11.6 Å². The van der Waals surface area contributed by atoms with E-state index in [1.165, 1.54) is 7.11 Å². The molecule has 1 fully saturated rings. The third kappa shape index (κ3) is 7.52. The van der Waals surface area contributed by atoms with Crippen LogP contribution < -0.4 is 0 Å². The van der Waals surface area contributed by atoms with Gasteiger partial charge in [-0.25, -0.2) is 4.79 Å². The molecular weight excluding hydrogens is 382 g/mol. The van der Waals surface area contributed by atoms with Crippen molar-refractivity contribution in [3.63, 3.8) is 0 Å². The molecule has 1 saturated heterocycles. The van der Waals surface area contributed by atoms with Gasteiger partial charge in [0.25, 0.3) is 0 Å². The fourth-order valence-electron chi connectivity index (χ4n) is 3.25. The smallest absolute Gasteiger partial charge is 0.331 e. The molecule has 0 radical (unpaired) electrons. The first kappa shape index (κ1) is 22.2.